The van der Waals surface area contributed by atoms with E-state index < -0.39 is 6.10 Å². The Labute approximate surface area is 209 Å². The summed E-state index contributed by atoms with van der Waals surface area (Å²) in [4.78, 5) is 10.8. The minimum atomic E-state index is -0.412. The van der Waals surface area contributed by atoms with Gasteiger partial charge in [-0.1, -0.05) is 0 Å². The molecule has 2 fully saturated rings. The van der Waals surface area contributed by atoms with E-state index in [2.05, 4.69) is 21.4 Å². The second-order valence-electron chi connectivity index (χ2n) is 9.43. The summed E-state index contributed by atoms with van der Waals surface area (Å²) in [5, 5.41) is 17.8. The lowest BCUT2D eigenvalue weighted by Gasteiger charge is -2.26. The molecule has 0 radical (unpaired) electrons. The fourth-order valence-electron chi connectivity index (χ4n) is 4.70. The number of ether oxygens (including phenoxy) is 1. The molecule has 0 spiro atoms. The molecule has 1 aliphatic carbocycles. The molecule has 3 aromatic heterocycles. The van der Waals surface area contributed by atoms with Crippen LogP contribution in [-0.4, -0.2) is 50.1 Å². The highest BCUT2D eigenvalue weighted by Gasteiger charge is 2.29. The van der Waals surface area contributed by atoms with Gasteiger partial charge in [0, 0.05) is 30.4 Å². The fourth-order valence-corrected chi connectivity index (χ4v) is 4.70. The largest absolute Gasteiger partial charge is 0.482 e. The lowest BCUT2D eigenvalue weighted by Crippen LogP contribution is -2.32. The van der Waals surface area contributed by atoms with Crippen molar-refractivity contribution in [1.29, 1.82) is 5.26 Å². The van der Waals surface area contributed by atoms with Gasteiger partial charge in [-0.3, -0.25) is 9.98 Å². The Morgan fingerprint density at radius 1 is 1.25 bits per heavy atom. The van der Waals surface area contributed by atoms with Crippen molar-refractivity contribution in [3.63, 3.8) is 0 Å². The first kappa shape index (κ1) is 23.7. The zero-order chi connectivity index (χ0) is 25.2. The van der Waals surface area contributed by atoms with E-state index >= 15 is 0 Å². The van der Waals surface area contributed by atoms with Crippen LogP contribution < -0.4 is 10.6 Å². The standard InChI is InChI=1S/C26H29FN8O/c1-16(32-21-7-9-34(15-28)10-8-21)25(33-29)19-11-24(36-17(2)23-6-5-20(27)12-30-23)26-22(18-3-4-18)13-31-35(26)14-19/h5-6,11-14,17-18,21H,3-4,7-10,29H2,1-2H3/b32-16?,33-25+. The quantitative estimate of drug-likeness (QED) is 0.233. The molecule has 5 rings (SSSR count). The number of hydrogen-bond donors (Lipinski definition) is 1. The summed E-state index contributed by atoms with van der Waals surface area (Å²) in [6.07, 6.45) is 10.6. The number of pyridine rings is 2. The van der Waals surface area contributed by atoms with E-state index in [1.165, 1.54) is 12.3 Å². The zero-order valence-electron chi connectivity index (χ0n) is 20.4. The number of nitrogens with zero attached hydrogens (tertiary/aromatic N) is 7. The maximum Gasteiger partial charge on any atom is 0.179 e. The molecule has 1 unspecified atom stereocenters. The number of rotatable bonds is 7. The van der Waals surface area contributed by atoms with Crippen LogP contribution in [-0.2, 0) is 0 Å². The summed E-state index contributed by atoms with van der Waals surface area (Å²) in [6.45, 7) is 5.18. The van der Waals surface area contributed by atoms with Gasteiger partial charge in [0.1, 0.15) is 28.9 Å². The highest BCUT2D eigenvalue weighted by atomic mass is 19.1. The minimum Gasteiger partial charge on any atom is -0.482 e. The molecule has 0 bridgehead atoms. The van der Waals surface area contributed by atoms with Gasteiger partial charge in [0.25, 0.3) is 0 Å². The number of piperidine rings is 1. The van der Waals surface area contributed by atoms with Crippen molar-refractivity contribution >= 4 is 16.9 Å². The third-order valence-corrected chi connectivity index (χ3v) is 6.82. The van der Waals surface area contributed by atoms with Gasteiger partial charge in [-0.15, -0.1) is 0 Å². The number of fused-ring (bicyclic) bond motifs is 1. The first-order chi connectivity index (χ1) is 17.5. The van der Waals surface area contributed by atoms with E-state index in [1.54, 1.807) is 11.0 Å². The second kappa shape index (κ2) is 9.93. The number of halogens is 1. The molecule has 4 heterocycles. The van der Waals surface area contributed by atoms with Crippen LogP contribution in [0.15, 0.2) is 46.9 Å². The second-order valence-corrected chi connectivity index (χ2v) is 9.43. The number of hydrogen-bond acceptors (Lipinski definition) is 8. The molecule has 186 valence electrons. The van der Waals surface area contributed by atoms with Crippen LogP contribution in [0.4, 0.5) is 4.39 Å². The smallest absolute Gasteiger partial charge is 0.179 e. The van der Waals surface area contributed by atoms with Crippen LogP contribution in [0.3, 0.4) is 0 Å². The molecule has 1 saturated carbocycles. The molecule has 3 aromatic rings. The van der Waals surface area contributed by atoms with Gasteiger partial charge in [-0.2, -0.15) is 15.5 Å². The van der Waals surface area contributed by atoms with Crippen molar-refractivity contribution in [2.75, 3.05) is 13.1 Å². The molecule has 1 saturated heterocycles. The predicted octanol–water partition coefficient (Wildman–Crippen LogP) is 3.95. The molecule has 0 aromatic carbocycles. The molecule has 10 heteroatoms. The van der Waals surface area contributed by atoms with Gasteiger partial charge in [-0.05, 0) is 63.6 Å². The van der Waals surface area contributed by atoms with Gasteiger partial charge in [0.15, 0.2) is 6.19 Å². The fraction of sp³-hybridized carbons (Fsp3) is 0.423. The number of hydrazone groups is 1. The first-order valence-corrected chi connectivity index (χ1v) is 12.2. The molecule has 0 amide bonds. The van der Waals surface area contributed by atoms with E-state index in [9.17, 15) is 4.39 Å². The topological polar surface area (TPSA) is 117 Å². The lowest BCUT2D eigenvalue weighted by molar-refractivity contribution is 0.223. The van der Waals surface area contributed by atoms with Crippen LogP contribution in [0, 0.1) is 17.3 Å². The van der Waals surface area contributed by atoms with Crippen LogP contribution in [0.5, 0.6) is 5.75 Å². The van der Waals surface area contributed by atoms with Gasteiger partial charge in [0.2, 0.25) is 0 Å². The molecule has 2 N–H and O–H groups in total. The minimum absolute atomic E-state index is 0.113. The Morgan fingerprint density at radius 2 is 2.03 bits per heavy atom. The molecular formula is C26H29FN8O. The number of aromatic nitrogens is 3. The predicted molar refractivity (Wildman–Crippen MR) is 134 cm³/mol. The first-order valence-electron chi connectivity index (χ1n) is 12.2. The van der Waals surface area contributed by atoms with Gasteiger partial charge in [0.05, 0.1) is 29.8 Å². The maximum absolute atomic E-state index is 13.4. The van der Waals surface area contributed by atoms with Crippen molar-refractivity contribution in [3.8, 4) is 11.9 Å². The zero-order valence-corrected chi connectivity index (χ0v) is 20.4. The molecule has 9 nitrogen and oxygen atoms in total. The van der Waals surface area contributed by atoms with E-state index in [0.717, 1.165) is 48.0 Å². The number of likely N-dealkylation sites (tertiary alicyclic amines) is 1. The molecule has 36 heavy (non-hydrogen) atoms. The van der Waals surface area contributed by atoms with Crippen molar-refractivity contribution in [1.82, 2.24) is 19.5 Å². The third kappa shape index (κ3) is 4.87. The van der Waals surface area contributed by atoms with Crippen LogP contribution >= 0.6 is 0 Å². The van der Waals surface area contributed by atoms with Crippen molar-refractivity contribution in [2.24, 2.45) is 15.9 Å². The summed E-state index contributed by atoms with van der Waals surface area (Å²) < 4.78 is 21.6. The monoisotopic (exact) mass is 488 g/mol. The van der Waals surface area contributed by atoms with E-state index in [-0.39, 0.29) is 11.9 Å². The third-order valence-electron chi connectivity index (χ3n) is 6.82. The van der Waals surface area contributed by atoms with Gasteiger partial charge in [-0.25, -0.2) is 8.91 Å². The summed E-state index contributed by atoms with van der Waals surface area (Å²) in [6, 6.07) is 5.04. The van der Waals surface area contributed by atoms with Gasteiger partial charge >= 0.3 is 0 Å². The summed E-state index contributed by atoms with van der Waals surface area (Å²) >= 11 is 0. The average molecular weight is 489 g/mol. The van der Waals surface area contributed by atoms with Crippen molar-refractivity contribution in [2.45, 2.75) is 57.6 Å². The van der Waals surface area contributed by atoms with Crippen molar-refractivity contribution in [3.05, 3.63) is 59.4 Å². The average Bonchev–Trinajstić information content (AvgIpc) is 3.64. The normalized spacial score (nSPS) is 18.3. The maximum atomic E-state index is 13.4. The van der Waals surface area contributed by atoms with Crippen LogP contribution in [0.25, 0.3) is 5.52 Å². The Bertz CT molecular complexity index is 1340. The Kier molecular flexibility index (Phi) is 6.55. The Balaban J connectivity index is 1.48. The molecule has 1 atom stereocenters. The summed E-state index contributed by atoms with van der Waals surface area (Å²) in [7, 11) is 0. The molecule has 1 aliphatic heterocycles. The van der Waals surface area contributed by atoms with E-state index in [4.69, 9.17) is 20.8 Å². The Hall–Kier alpha value is -4.00. The molecule has 2 aliphatic rings. The SMILES string of the molecule is CC(=NC1CCN(C#N)CC1)/C(=N\N)c1cc(OC(C)c2ccc(F)cn2)c2c(C3CC3)cnn2c1. The van der Waals surface area contributed by atoms with Crippen LogP contribution in [0.1, 0.15) is 68.4 Å². The number of nitrogens with two attached hydrogens (primary N) is 1. The lowest BCUT2D eigenvalue weighted by atomic mass is 10.0. The highest BCUT2D eigenvalue weighted by Crippen LogP contribution is 2.44. The Morgan fingerprint density at radius 3 is 2.67 bits per heavy atom. The van der Waals surface area contributed by atoms with Gasteiger partial charge < -0.3 is 15.5 Å². The van der Waals surface area contributed by atoms with E-state index in [1.807, 2.05) is 36.8 Å². The number of nitriles is 1. The van der Waals surface area contributed by atoms with Crippen LogP contribution in [0.2, 0.25) is 0 Å². The number of aliphatic imine (C=N–C) groups is 1. The van der Waals surface area contributed by atoms with E-state index in [0.29, 0.717) is 36.2 Å². The highest BCUT2D eigenvalue weighted by molar-refractivity contribution is 6.47. The molecular weight excluding hydrogens is 459 g/mol. The van der Waals surface area contributed by atoms with Crippen molar-refractivity contribution < 1.29 is 9.13 Å². The summed E-state index contributed by atoms with van der Waals surface area (Å²) in [5.74, 6) is 6.58. The summed E-state index contributed by atoms with van der Waals surface area (Å²) in [5.41, 5.74) is 4.70.